The molecule has 2 amide bonds. The summed E-state index contributed by atoms with van der Waals surface area (Å²) < 4.78 is 5.59. The average molecular weight is 324 g/mol. The summed E-state index contributed by atoms with van der Waals surface area (Å²) in [5.41, 5.74) is 2.24. The first-order chi connectivity index (χ1) is 11.6. The van der Waals surface area contributed by atoms with E-state index in [9.17, 15) is 9.59 Å². The van der Waals surface area contributed by atoms with Crippen molar-refractivity contribution in [3.05, 3.63) is 59.7 Å². The molecule has 1 aliphatic rings. The van der Waals surface area contributed by atoms with E-state index >= 15 is 0 Å². The predicted molar refractivity (Wildman–Crippen MR) is 92.2 cm³/mol. The zero-order valence-corrected chi connectivity index (χ0v) is 13.9. The molecule has 0 aromatic heterocycles. The Kier molecular flexibility index (Phi) is 4.51. The van der Waals surface area contributed by atoms with Crippen LogP contribution >= 0.6 is 0 Å². The molecule has 1 heterocycles. The number of hydrogen-bond acceptors (Lipinski definition) is 3. The molecule has 0 radical (unpaired) electrons. The summed E-state index contributed by atoms with van der Waals surface area (Å²) in [4.78, 5) is 27.9. The molecule has 0 unspecified atom stereocenters. The lowest BCUT2D eigenvalue weighted by Crippen LogP contribution is -2.27. The van der Waals surface area contributed by atoms with Gasteiger partial charge in [-0.1, -0.05) is 30.3 Å². The van der Waals surface area contributed by atoms with Crippen molar-refractivity contribution in [1.29, 1.82) is 0 Å². The van der Waals surface area contributed by atoms with Crippen LogP contribution in [0.3, 0.4) is 0 Å². The van der Waals surface area contributed by atoms with Crippen LogP contribution < -0.4 is 9.64 Å². The van der Waals surface area contributed by atoms with Crippen molar-refractivity contribution in [2.75, 3.05) is 25.6 Å². The molecule has 2 aromatic rings. The normalized spacial score (nSPS) is 13.8. The van der Waals surface area contributed by atoms with Gasteiger partial charge in [-0.3, -0.25) is 9.59 Å². The summed E-state index contributed by atoms with van der Waals surface area (Å²) in [6.07, 6.45) is 0.336. The van der Waals surface area contributed by atoms with E-state index in [0.29, 0.717) is 36.6 Å². The fourth-order valence-electron chi connectivity index (χ4n) is 2.73. The quantitative estimate of drug-likeness (QED) is 0.872. The van der Waals surface area contributed by atoms with Crippen molar-refractivity contribution in [3.8, 4) is 5.75 Å². The Bertz CT molecular complexity index is 758. The maximum Gasteiger partial charge on any atom is 0.253 e. The zero-order valence-electron chi connectivity index (χ0n) is 13.9. The van der Waals surface area contributed by atoms with Gasteiger partial charge in [0.05, 0.1) is 18.7 Å². The lowest BCUT2D eigenvalue weighted by molar-refractivity contribution is -0.118. The zero-order chi connectivity index (χ0) is 17.1. The number of fused-ring (bicyclic) bond motifs is 1. The predicted octanol–water partition coefficient (Wildman–Crippen LogP) is 2.70. The highest BCUT2D eigenvalue weighted by atomic mass is 16.5. The third-order valence-corrected chi connectivity index (χ3v) is 4.12. The average Bonchev–Trinajstić information content (AvgIpc) is 2.74. The standard InChI is InChI=1S/C19H20N2O3/c1-20(13-14-6-4-3-5-7-14)19(23)15-8-9-17-16(12-15)21(2)18(22)10-11-24-17/h3-9,12H,10-11,13H2,1-2H3. The molecule has 0 aliphatic carbocycles. The van der Waals surface area contributed by atoms with Gasteiger partial charge in [0.2, 0.25) is 5.91 Å². The Morgan fingerprint density at radius 3 is 2.71 bits per heavy atom. The van der Waals surface area contributed by atoms with Crippen LogP contribution in [0.1, 0.15) is 22.3 Å². The molecule has 0 spiro atoms. The number of benzene rings is 2. The summed E-state index contributed by atoms with van der Waals surface area (Å²) in [6, 6.07) is 15.1. The van der Waals surface area contributed by atoms with Crippen LogP contribution in [0.2, 0.25) is 0 Å². The lowest BCUT2D eigenvalue weighted by Gasteiger charge is -2.20. The van der Waals surface area contributed by atoms with Gasteiger partial charge in [-0.25, -0.2) is 0 Å². The van der Waals surface area contributed by atoms with Gasteiger partial charge in [0, 0.05) is 26.2 Å². The van der Waals surface area contributed by atoms with E-state index in [1.165, 1.54) is 0 Å². The minimum absolute atomic E-state index is 0.0176. The number of carbonyl (C=O) groups is 2. The van der Waals surface area contributed by atoms with Gasteiger partial charge in [-0.2, -0.15) is 0 Å². The molecule has 2 aromatic carbocycles. The molecule has 1 aliphatic heterocycles. The Balaban J connectivity index is 1.83. The maximum atomic E-state index is 12.7. The Morgan fingerprint density at radius 1 is 1.21 bits per heavy atom. The number of ether oxygens (including phenoxy) is 1. The molecule has 0 saturated carbocycles. The van der Waals surface area contributed by atoms with Crippen LogP contribution in [-0.2, 0) is 11.3 Å². The third-order valence-electron chi connectivity index (χ3n) is 4.12. The Morgan fingerprint density at radius 2 is 1.96 bits per heavy atom. The minimum Gasteiger partial charge on any atom is -0.491 e. The third kappa shape index (κ3) is 3.25. The topological polar surface area (TPSA) is 49.9 Å². The van der Waals surface area contributed by atoms with Crippen LogP contribution in [0.5, 0.6) is 5.75 Å². The fraction of sp³-hybridized carbons (Fsp3) is 0.263. The van der Waals surface area contributed by atoms with Gasteiger partial charge >= 0.3 is 0 Å². The van der Waals surface area contributed by atoms with E-state index in [2.05, 4.69) is 0 Å². The van der Waals surface area contributed by atoms with Crippen molar-refractivity contribution in [3.63, 3.8) is 0 Å². The smallest absolute Gasteiger partial charge is 0.253 e. The van der Waals surface area contributed by atoms with Crippen LogP contribution in [0.4, 0.5) is 5.69 Å². The first kappa shape index (κ1) is 16.1. The van der Waals surface area contributed by atoms with Crippen molar-refractivity contribution in [2.45, 2.75) is 13.0 Å². The molecule has 24 heavy (non-hydrogen) atoms. The highest BCUT2D eigenvalue weighted by Crippen LogP contribution is 2.31. The Hall–Kier alpha value is -2.82. The second-order valence-electron chi connectivity index (χ2n) is 5.88. The summed E-state index contributed by atoms with van der Waals surface area (Å²) >= 11 is 0. The molecular formula is C19H20N2O3. The van der Waals surface area contributed by atoms with Crippen molar-refractivity contribution < 1.29 is 14.3 Å². The molecule has 0 N–H and O–H groups in total. The molecule has 0 saturated heterocycles. The number of nitrogens with zero attached hydrogens (tertiary/aromatic N) is 2. The van der Waals surface area contributed by atoms with E-state index in [1.54, 1.807) is 42.1 Å². The molecular weight excluding hydrogens is 304 g/mol. The van der Waals surface area contributed by atoms with Crippen LogP contribution in [0, 0.1) is 0 Å². The fourth-order valence-corrected chi connectivity index (χ4v) is 2.73. The van der Waals surface area contributed by atoms with Crippen LogP contribution in [-0.4, -0.2) is 37.4 Å². The van der Waals surface area contributed by atoms with E-state index in [1.807, 2.05) is 30.3 Å². The number of amides is 2. The summed E-state index contributed by atoms with van der Waals surface area (Å²) in [5.74, 6) is 0.522. The maximum absolute atomic E-state index is 12.7. The van der Waals surface area contributed by atoms with E-state index < -0.39 is 0 Å². The second kappa shape index (κ2) is 6.74. The number of carbonyl (C=O) groups excluding carboxylic acids is 2. The molecule has 0 fully saturated rings. The first-order valence-corrected chi connectivity index (χ1v) is 7.89. The van der Waals surface area contributed by atoms with Gasteiger partial charge in [-0.05, 0) is 23.8 Å². The van der Waals surface area contributed by atoms with Crippen molar-refractivity contribution >= 4 is 17.5 Å². The van der Waals surface area contributed by atoms with Crippen molar-refractivity contribution in [2.24, 2.45) is 0 Å². The minimum atomic E-state index is -0.0910. The van der Waals surface area contributed by atoms with Crippen LogP contribution in [0.25, 0.3) is 0 Å². The van der Waals surface area contributed by atoms with E-state index in [4.69, 9.17) is 4.74 Å². The molecule has 0 atom stereocenters. The number of hydrogen-bond donors (Lipinski definition) is 0. The SMILES string of the molecule is CN(Cc1ccccc1)C(=O)c1ccc2c(c1)N(C)C(=O)CCO2. The van der Waals surface area contributed by atoms with Gasteiger partial charge in [0.25, 0.3) is 5.91 Å². The first-order valence-electron chi connectivity index (χ1n) is 7.89. The summed E-state index contributed by atoms with van der Waals surface area (Å²) in [7, 11) is 3.48. The van der Waals surface area contributed by atoms with Gasteiger partial charge in [-0.15, -0.1) is 0 Å². The highest BCUT2D eigenvalue weighted by molar-refractivity contribution is 5.99. The number of anilines is 1. The van der Waals surface area contributed by atoms with Crippen molar-refractivity contribution in [1.82, 2.24) is 4.90 Å². The summed E-state index contributed by atoms with van der Waals surface area (Å²) in [5, 5.41) is 0. The summed E-state index contributed by atoms with van der Waals surface area (Å²) in [6.45, 7) is 0.888. The van der Waals surface area contributed by atoms with Gasteiger partial charge in [0.15, 0.2) is 0 Å². The molecule has 3 rings (SSSR count). The monoisotopic (exact) mass is 324 g/mol. The number of rotatable bonds is 3. The van der Waals surface area contributed by atoms with E-state index in [0.717, 1.165) is 5.56 Å². The Labute approximate surface area is 141 Å². The molecule has 5 nitrogen and oxygen atoms in total. The van der Waals surface area contributed by atoms with Gasteiger partial charge < -0.3 is 14.5 Å². The lowest BCUT2D eigenvalue weighted by atomic mass is 10.1. The van der Waals surface area contributed by atoms with Crippen LogP contribution in [0.15, 0.2) is 48.5 Å². The largest absolute Gasteiger partial charge is 0.491 e. The van der Waals surface area contributed by atoms with E-state index in [-0.39, 0.29) is 11.8 Å². The molecule has 0 bridgehead atoms. The molecule has 5 heteroatoms. The molecule has 124 valence electrons. The highest BCUT2D eigenvalue weighted by Gasteiger charge is 2.22. The second-order valence-corrected chi connectivity index (χ2v) is 5.88. The van der Waals surface area contributed by atoms with Gasteiger partial charge in [0.1, 0.15) is 5.75 Å².